The topological polar surface area (TPSA) is 51.8 Å². The van der Waals surface area contributed by atoms with Gasteiger partial charge in [0.2, 0.25) is 0 Å². The summed E-state index contributed by atoms with van der Waals surface area (Å²) >= 11 is 1.70. The molecule has 0 amide bonds. The van der Waals surface area contributed by atoms with Crippen LogP contribution in [0.3, 0.4) is 0 Å². The molecule has 3 nitrogen and oxygen atoms in total. The number of nitrogens with two attached hydrogens (primary N) is 1. The smallest absolute Gasteiger partial charge is 0.124 e. The first-order valence-electron chi connectivity index (χ1n) is 5.87. The maximum absolute atomic E-state index is 5.66. The summed E-state index contributed by atoms with van der Waals surface area (Å²) in [5.41, 5.74) is 9.05. The van der Waals surface area contributed by atoms with Crippen molar-refractivity contribution in [3.8, 4) is 10.6 Å². The Balaban J connectivity index is 2.13. The minimum atomic E-state index is 0.656. The largest absolute Gasteiger partial charge is 0.330 e. The van der Waals surface area contributed by atoms with Gasteiger partial charge in [-0.3, -0.25) is 4.98 Å². The lowest BCUT2D eigenvalue weighted by Crippen LogP contribution is -2.03. The molecule has 4 heteroatoms. The summed E-state index contributed by atoms with van der Waals surface area (Å²) in [6.07, 6.45) is 4.49. The van der Waals surface area contributed by atoms with Gasteiger partial charge in [-0.25, -0.2) is 4.98 Å². The van der Waals surface area contributed by atoms with Crippen LogP contribution in [0.4, 0.5) is 0 Å². The number of hydrogen-bond acceptors (Lipinski definition) is 4. The number of aromatic nitrogens is 2. The number of hydrogen-bond donors (Lipinski definition) is 1. The van der Waals surface area contributed by atoms with Crippen molar-refractivity contribution < 1.29 is 0 Å². The van der Waals surface area contributed by atoms with Crippen molar-refractivity contribution in [2.75, 3.05) is 6.54 Å². The molecule has 0 radical (unpaired) electrons. The second-order valence-corrected chi connectivity index (χ2v) is 5.09. The Morgan fingerprint density at radius 3 is 2.89 bits per heavy atom. The first-order valence-corrected chi connectivity index (χ1v) is 6.69. The first kappa shape index (κ1) is 11.3. The molecule has 2 N–H and O–H groups in total. The van der Waals surface area contributed by atoms with E-state index in [0.29, 0.717) is 6.54 Å². The van der Waals surface area contributed by atoms with Gasteiger partial charge in [-0.15, -0.1) is 11.3 Å². The summed E-state index contributed by atoms with van der Waals surface area (Å²) in [5, 5.41) is 1.04. The minimum absolute atomic E-state index is 0.656. The quantitative estimate of drug-likeness (QED) is 0.783. The fraction of sp³-hybridized carbons (Fsp3) is 0.143. The lowest BCUT2D eigenvalue weighted by atomic mass is 10.1. The highest BCUT2D eigenvalue weighted by Gasteiger charge is 2.09. The van der Waals surface area contributed by atoms with Crippen molar-refractivity contribution in [2.24, 2.45) is 5.73 Å². The Hall–Kier alpha value is -1.78. The summed E-state index contributed by atoms with van der Waals surface area (Å²) in [6, 6.07) is 10.3. The average Bonchev–Trinajstić information content (AvgIpc) is 2.83. The van der Waals surface area contributed by atoms with Gasteiger partial charge < -0.3 is 5.73 Å². The van der Waals surface area contributed by atoms with Crippen LogP contribution in [0.5, 0.6) is 0 Å². The van der Waals surface area contributed by atoms with Crippen molar-refractivity contribution >= 4 is 21.6 Å². The number of fused-ring (bicyclic) bond motifs is 1. The third-order valence-electron chi connectivity index (χ3n) is 2.85. The van der Waals surface area contributed by atoms with Gasteiger partial charge in [0.15, 0.2) is 0 Å². The molecular weight excluding hydrogens is 242 g/mol. The minimum Gasteiger partial charge on any atom is -0.330 e. The van der Waals surface area contributed by atoms with Crippen LogP contribution in [0.2, 0.25) is 0 Å². The molecule has 18 heavy (non-hydrogen) atoms. The molecule has 1 aromatic carbocycles. The van der Waals surface area contributed by atoms with E-state index in [1.165, 1.54) is 15.8 Å². The highest BCUT2D eigenvalue weighted by atomic mass is 32.1. The third-order valence-corrected chi connectivity index (χ3v) is 3.92. The SMILES string of the molecule is NCCc1ccccc1-c1nc2cnccc2s1. The second-order valence-electron chi connectivity index (χ2n) is 4.06. The van der Waals surface area contributed by atoms with E-state index in [2.05, 4.69) is 22.1 Å². The van der Waals surface area contributed by atoms with E-state index in [9.17, 15) is 0 Å². The third kappa shape index (κ3) is 2.00. The van der Waals surface area contributed by atoms with Crippen LogP contribution in [-0.4, -0.2) is 16.5 Å². The Labute approximate surface area is 109 Å². The highest BCUT2D eigenvalue weighted by molar-refractivity contribution is 7.21. The summed E-state index contributed by atoms with van der Waals surface area (Å²) in [7, 11) is 0. The number of pyridine rings is 1. The van der Waals surface area contributed by atoms with Gasteiger partial charge in [-0.2, -0.15) is 0 Å². The zero-order chi connectivity index (χ0) is 12.4. The summed E-state index contributed by atoms with van der Waals surface area (Å²) in [4.78, 5) is 8.74. The number of thiazole rings is 1. The molecule has 0 aliphatic carbocycles. The lowest BCUT2D eigenvalue weighted by Gasteiger charge is -2.04. The van der Waals surface area contributed by atoms with Crippen molar-refractivity contribution in [1.29, 1.82) is 0 Å². The summed E-state index contributed by atoms with van der Waals surface area (Å²) in [6.45, 7) is 0.656. The van der Waals surface area contributed by atoms with Gasteiger partial charge in [0.25, 0.3) is 0 Å². The molecule has 3 rings (SSSR count). The number of rotatable bonds is 3. The molecule has 0 bridgehead atoms. The van der Waals surface area contributed by atoms with Crippen molar-refractivity contribution in [2.45, 2.75) is 6.42 Å². The fourth-order valence-corrected chi connectivity index (χ4v) is 2.99. The zero-order valence-electron chi connectivity index (χ0n) is 9.84. The van der Waals surface area contributed by atoms with Crippen LogP contribution in [0.25, 0.3) is 20.8 Å². The molecule has 0 atom stereocenters. The maximum atomic E-state index is 5.66. The number of benzene rings is 1. The predicted octanol–water partition coefficient (Wildman–Crippen LogP) is 2.86. The Bertz CT molecular complexity index is 642. The summed E-state index contributed by atoms with van der Waals surface area (Å²) < 4.78 is 1.17. The van der Waals surface area contributed by atoms with E-state index in [1.807, 2.05) is 18.2 Å². The highest BCUT2D eigenvalue weighted by Crippen LogP contribution is 2.31. The lowest BCUT2D eigenvalue weighted by molar-refractivity contribution is 0.970. The molecule has 0 fully saturated rings. The van der Waals surface area contributed by atoms with Crippen LogP contribution < -0.4 is 5.73 Å². The molecule has 2 heterocycles. The van der Waals surface area contributed by atoms with Gasteiger partial charge in [0, 0.05) is 11.8 Å². The Morgan fingerprint density at radius 2 is 2.06 bits per heavy atom. The standard InChI is InChI=1S/C14H13N3S/c15-7-5-10-3-1-2-4-11(10)14-17-12-9-16-8-6-13(12)18-14/h1-4,6,8-9H,5,7,15H2. The average molecular weight is 255 g/mol. The molecule has 0 aliphatic rings. The molecular formula is C14H13N3S. The van der Waals surface area contributed by atoms with E-state index in [4.69, 9.17) is 5.73 Å². The van der Waals surface area contributed by atoms with Gasteiger partial charge in [-0.1, -0.05) is 24.3 Å². The van der Waals surface area contributed by atoms with Gasteiger partial charge >= 0.3 is 0 Å². The van der Waals surface area contributed by atoms with E-state index in [-0.39, 0.29) is 0 Å². The van der Waals surface area contributed by atoms with E-state index < -0.39 is 0 Å². The van der Waals surface area contributed by atoms with Gasteiger partial charge in [0.05, 0.1) is 10.9 Å². The second kappa shape index (κ2) is 4.84. The molecule has 0 unspecified atom stereocenters. The Kier molecular flexibility index (Phi) is 3.04. The monoisotopic (exact) mass is 255 g/mol. The van der Waals surface area contributed by atoms with Crippen molar-refractivity contribution in [1.82, 2.24) is 9.97 Å². The van der Waals surface area contributed by atoms with E-state index in [1.54, 1.807) is 23.7 Å². The molecule has 90 valence electrons. The van der Waals surface area contributed by atoms with Crippen LogP contribution in [0, 0.1) is 0 Å². The molecule has 3 aromatic rings. The molecule has 2 aromatic heterocycles. The van der Waals surface area contributed by atoms with Crippen LogP contribution >= 0.6 is 11.3 Å². The molecule has 0 saturated heterocycles. The molecule has 0 spiro atoms. The fourth-order valence-electron chi connectivity index (χ4n) is 2.00. The molecule has 0 aliphatic heterocycles. The van der Waals surface area contributed by atoms with Crippen LogP contribution in [-0.2, 0) is 6.42 Å². The maximum Gasteiger partial charge on any atom is 0.124 e. The van der Waals surface area contributed by atoms with Gasteiger partial charge in [-0.05, 0) is 24.6 Å². The number of nitrogens with zero attached hydrogens (tertiary/aromatic N) is 2. The zero-order valence-corrected chi connectivity index (χ0v) is 10.7. The Morgan fingerprint density at radius 1 is 1.17 bits per heavy atom. The van der Waals surface area contributed by atoms with Crippen LogP contribution in [0.15, 0.2) is 42.7 Å². The van der Waals surface area contributed by atoms with Gasteiger partial charge in [0.1, 0.15) is 10.5 Å². The normalized spacial score (nSPS) is 10.9. The van der Waals surface area contributed by atoms with Crippen molar-refractivity contribution in [3.05, 3.63) is 48.3 Å². The first-order chi connectivity index (χ1) is 8.88. The van der Waals surface area contributed by atoms with E-state index >= 15 is 0 Å². The predicted molar refractivity (Wildman–Crippen MR) is 75.6 cm³/mol. The van der Waals surface area contributed by atoms with Crippen LogP contribution in [0.1, 0.15) is 5.56 Å². The summed E-state index contributed by atoms with van der Waals surface area (Å²) in [5.74, 6) is 0. The molecule has 0 saturated carbocycles. The van der Waals surface area contributed by atoms with E-state index in [0.717, 1.165) is 16.9 Å². The van der Waals surface area contributed by atoms with Crippen molar-refractivity contribution in [3.63, 3.8) is 0 Å².